The number of rotatable bonds is 4. The molecule has 1 aliphatic carbocycles. The van der Waals surface area contributed by atoms with Crippen molar-refractivity contribution < 1.29 is 4.74 Å². The maximum atomic E-state index is 5.62. The molecule has 3 aliphatic rings. The van der Waals surface area contributed by atoms with E-state index in [4.69, 9.17) is 14.7 Å². The van der Waals surface area contributed by atoms with Gasteiger partial charge in [-0.15, -0.1) is 0 Å². The van der Waals surface area contributed by atoms with Crippen molar-refractivity contribution in [2.75, 3.05) is 48.4 Å². The second kappa shape index (κ2) is 7.93. The standard InChI is InChI=1S/C26H31N5O/c1-16(18-5-4-8-23-19(18)9-10-27-23)28-26-22-15-24(31-11-13-32-14-12-31)20-6-3-7-21(20)25(22)29-17(2)30-26/h4-5,8,15-16,27H,3,6-7,9-14H2,1-2H3,(H,28,29,30)/t16-/m1/s1. The van der Waals surface area contributed by atoms with Gasteiger partial charge in [0.2, 0.25) is 0 Å². The van der Waals surface area contributed by atoms with Gasteiger partial charge in [0, 0.05) is 36.4 Å². The van der Waals surface area contributed by atoms with E-state index in [1.807, 2.05) is 6.92 Å². The Morgan fingerprint density at radius 2 is 1.91 bits per heavy atom. The Kier molecular flexibility index (Phi) is 4.90. The highest BCUT2D eigenvalue weighted by Gasteiger charge is 2.26. The van der Waals surface area contributed by atoms with E-state index in [1.54, 1.807) is 0 Å². The molecule has 6 rings (SSSR count). The predicted molar refractivity (Wildman–Crippen MR) is 130 cm³/mol. The average Bonchev–Trinajstić information content (AvgIpc) is 3.49. The number of nitrogens with one attached hydrogen (secondary N) is 2. The molecule has 2 N–H and O–H groups in total. The number of nitrogens with zero attached hydrogens (tertiary/aromatic N) is 3. The summed E-state index contributed by atoms with van der Waals surface area (Å²) in [4.78, 5) is 12.3. The first-order valence-corrected chi connectivity index (χ1v) is 12.0. The average molecular weight is 430 g/mol. The Morgan fingerprint density at radius 1 is 1.06 bits per heavy atom. The molecule has 6 nitrogen and oxygen atoms in total. The molecule has 0 amide bonds. The molecule has 1 saturated heterocycles. The SMILES string of the molecule is Cc1nc(N[C@H](C)c2cccc3c2CCN3)c2cc(N3CCOCC3)c3c(c2n1)CCC3. The molecule has 6 heteroatoms. The normalized spacial score (nSPS) is 18.4. The first-order valence-electron chi connectivity index (χ1n) is 12.0. The molecule has 2 aliphatic heterocycles. The van der Waals surface area contributed by atoms with Crippen LogP contribution < -0.4 is 15.5 Å². The van der Waals surface area contributed by atoms with Crippen LogP contribution in [-0.4, -0.2) is 42.8 Å². The van der Waals surface area contributed by atoms with Crippen molar-refractivity contribution >= 4 is 28.1 Å². The van der Waals surface area contributed by atoms with Gasteiger partial charge in [-0.1, -0.05) is 12.1 Å². The van der Waals surface area contributed by atoms with Gasteiger partial charge in [-0.25, -0.2) is 9.97 Å². The van der Waals surface area contributed by atoms with Crippen molar-refractivity contribution in [3.8, 4) is 0 Å². The minimum Gasteiger partial charge on any atom is -0.384 e. The minimum atomic E-state index is 0.169. The molecule has 1 atom stereocenters. The van der Waals surface area contributed by atoms with Gasteiger partial charge in [-0.2, -0.15) is 0 Å². The molecule has 0 unspecified atom stereocenters. The Bertz CT molecular complexity index is 1180. The monoisotopic (exact) mass is 429 g/mol. The summed E-state index contributed by atoms with van der Waals surface area (Å²) >= 11 is 0. The number of fused-ring (bicyclic) bond motifs is 4. The van der Waals surface area contributed by atoms with Gasteiger partial charge in [0.25, 0.3) is 0 Å². The molecule has 0 spiro atoms. The Balaban J connectivity index is 1.45. The summed E-state index contributed by atoms with van der Waals surface area (Å²) in [7, 11) is 0. The number of ether oxygens (including phenoxy) is 1. The zero-order valence-electron chi connectivity index (χ0n) is 19.0. The van der Waals surface area contributed by atoms with E-state index >= 15 is 0 Å². The van der Waals surface area contributed by atoms with E-state index in [0.717, 1.165) is 74.7 Å². The fraction of sp³-hybridized carbons (Fsp3) is 0.462. The summed E-state index contributed by atoms with van der Waals surface area (Å²) in [5.74, 6) is 1.79. The van der Waals surface area contributed by atoms with Crippen LogP contribution >= 0.6 is 0 Å². The Hall–Kier alpha value is -2.86. The number of hydrogen-bond acceptors (Lipinski definition) is 6. The fourth-order valence-electron chi connectivity index (χ4n) is 5.72. The third kappa shape index (κ3) is 3.28. The zero-order chi connectivity index (χ0) is 21.7. The van der Waals surface area contributed by atoms with Gasteiger partial charge < -0.3 is 20.3 Å². The van der Waals surface area contributed by atoms with Crippen molar-refractivity contribution in [2.45, 2.75) is 45.6 Å². The van der Waals surface area contributed by atoms with Crippen molar-refractivity contribution in [3.63, 3.8) is 0 Å². The van der Waals surface area contributed by atoms with E-state index in [0.29, 0.717) is 0 Å². The predicted octanol–water partition coefficient (Wildman–Crippen LogP) is 4.40. The number of benzene rings is 2. The zero-order valence-corrected chi connectivity index (χ0v) is 19.0. The van der Waals surface area contributed by atoms with Gasteiger partial charge in [0.15, 0.2) is 0 Å². The van der Waals surface area contributed by atoms with Crippen LogP contribution in [0.3, 0.4) is 0 Å². The summed E-state index contributed by atoms with van der Waals surface area (Å²) in [5.41, 5.74) is 9.47. The Labute approximate surface area is 189 Å². The van der Waals surface area contributed by atoms with Crippen molar-refractivity contribution in [1.29, 1.82) is 0 Å². The third-order valence-electron chi connectivity index (χ3n) is 7.23. The first-order chi connectivity index (χ1) is 15.7. The molecule has 3 aromatic rings. The van der Waals surface area contributed by atoms with Crippen molar-refractivity contribution in [2.24, 2.45) is 0 Å². The number of anilines is 3. The molecule has 0 saturated carbocycles. The van der Waals surface area contributed by atoms with Gasteiger partial charge in [-0.3, -0.25) is 0 Å². The van der Waals surface area contributed by atoms with Crippen LogP contribution in [0.15, 0.2) is 24.3 Å². The molecule has 2 aromatic carbocycles. The second-order valence-electron chi connectivity index (χ2n) is 9.24. The molecule has 0 radical (unpaired) electrons. The quantitative estimate of drug-likeness (QED) is 0.641. The lowest BCUT2D eigenvalue weighted by molar-refractivity contribution is 0.122. The Morgan fingerprint density at radius 3 is 2.78 bits per heavy atom. The largest absolute Gasteiger partial charge is 0.384 e. The van der Waals surface area contributed by atoms with Crippen LogP contribution in [0.5, 0.6) is 0 Å². The molecule has 32 heavy (non-hydrogen) atoms. The van der Waals surface area contributed by atoms with E-state index < -0.39 is 0 Å². The maximum absolute atomic E-state index is 5.62. The summed E-state index contributed by atoms with van der Waals surface area (Å²) in [5, 5.41) is 8.42. The van der Waals surface area contributed by atoms with Crippen LogP contribution in [-0.2, 0) is 24.0 Å². The lowest BCUT2D eigenvalue weighted by atomic mass is 9.98. The number of aryl methyl sites for hydroxylation is 2. The van der Waals surface area contributed by atoms with Crippen LogP contribution in [0.25, 0.3) is 10.9 Å². The highest BCUT2D eigenvalue weighted by atomic mass is 16.5. The maximum Gasteiger partial charge on any atom is 0.138 e. The van der Waals surface area contributed by atoms with Gasteiger partial charge >= 0.3 is 0 Å². The lowest BCUT2D eigenvalue weighted by Crippen LogP contribution is -2.36. The van der Waals surface area contributed by atoms with Gasteiger partial charge in [-0.05, 0) is 73.9 Å². The van der Waals surface area contributed by atoms with Gasteiger partial charge in [0.1, 0.15) is 11.6 Å². The summed E-state index contributed by atoms with van der Waals surface area (Å²) in [6, 6.07) is 9.09. The second-order valence-corrected chi connectivity index (χ2v) is 9.24. The topological polar surface area (TPSA) is 62.3 Å². The molecular weight excluding hydrogens is 398 g/mol. The van der Waals surface area contributed by atoms with Crippen LogP contribution in [0.1, 0.15) is 47.5 Å². The molecule has 166 valence electrons. The molecular formula is C26H31N5O. The highest BCUT2D eigenvalue weighted by molar-refractivity contribution is 5.96. The van der Waals surface area contributed by atoms with Crippen molar-refractivity contribution in [1.82, 2.24) is 9.97 Å². The summed E-state index contributed by atoms with van der Waals surface area (Å²) < 4.78 is 5.62. The molecule has 0 bridgehead atoms. The minimum absolute atomic E-state index is 0.169. The number of aromatic nitrogens is 2. The van der Waals surface area contributed by atoms with Crippen LogP contribution in [0.2, 0.25) is 0 Å². The van der Waals surface area contributed by atoms with Gasteiger partial charge in [0.05, 0.1) is 24.8 Å². The van der Waals surface area contributed by atoms with Crippen molar-refractivity contribution in [3.05, 3.63) is 52.3 Å². The fourth-order valence-corrected chi connectivity index (χ4v) is 5.72. The van der Waals surface area contributed by atoms with E-state index in [9.17, 15) is 0 Å². The lowest BCUT2D eigenvalue weighted by Gasteiger charge is -2.31. The van der Waals surface area contributed by atoms with E-state index in [1.165, 1.54) is 40.0 Å². The number of hydrogen-bond donors (Lipinski definition) is 2. The van der Waals surface area contributed by atoms with Crippen LogP contribution in [0, 0.1) is 6.92 Å². The van der Waals surface area contributed by atoms with Crippen LogP contribution in [0.4, 0.5) is 17.2 Å². The molecule has 3 heterocycles. The smallest absolute Gasteiger partial charge is 0.138 e. The van der Waals surface area contributed by atoms with E-state index in [-0.39, 0.29) is 6.04 Å². The third-order valence-corrected chi connectivity index (χ3v) is 7.23. The first kappa shape index (κ1) is 19.8. The molecule has 1 aromatic heterocycles. The summed E-state index contributed by atoms with van der Waals surface area (Å²) in [6.07, 6.45) is 4.53. The van der Waals surface area contributed by atoms with E-state index in [2.05, 4.69) is 46.7 Å². The number of morpholine rings is 1. The summed E-state index contributed by atoms with van der Waals surface area (Å²) in [6.45, 7) is 8.77. The highest BCUT2D eigenvalue weighted by Crippen LogP contribution is 2.40. The molecule has 1 fully saturated rings.